The van der Waals surface area contributed by atoms with Crippen LogP contribution in [0.5, 0.6) is 0 Å². The highest BCUT2D eigenvalue weighted by Crippen LogP contribution is 2.25. The quantitative estimate of drug-likeness (QED) is 0.846. The third-order valence-corrected chi connectivity index (χ3v) is 3.69. The normalized spacial score (nSPS) is 12.5. The van der Waals surface area contributed by atoms with Gasteiger partial charge in [0.15, 0.2) is 0 Å². The van der Waals surface area contributed by atoms with Crippen molar-refractivity contribution in [1.29, 1.82) is 0 Å². The van der Waals surface area contributed by atoms with E-state index in [0.29, 0.717) is 15.9 Å². The first kappa shape index (κ1) is 14.5. The minimum Gasteiger partial charge on any atom is -0.388 e. The number of aliphatic hydroxyl groups excluding tert-OH is 1. The third kappa shape index (κ3) is 3.78. The molecular formula is C15H13BrClFO. The molecule has 0 spiro atoms. The van der Waals surface area contributed by atoms with Gasteiger partial charge in [0.25, 0.3) is 0 Å². The Bertz CT molecular complexity index is 580. The predicted octanol–water partition coefficient (Wildman–Crippen LogP) is 4.83. The van der Waals surface area contributed by atoms with Crippen LogP contribution in [0.15, 0.2) is 40.9 Å². The van der Waals surface area contributed by atoms with Gasteiger partial charge in [0, 0.05) is 11.4 Å². The van der Waals surface area contributed by atoms with E-state index in [4.69, 9.17) is 11.6 Å². The van der Waals surface area contributed by atoms with Gasteiger partial charge in [0.05, 0.1) is 10.6 Å². The minimum atomic E-state index is -0.658. The summed E-state index contributed by atoms with van der Waals surface area (Å²) in [5.41, 5.74) is 2.63. The molecule has 0 fully saturated rings. The van der Waals surface area contributed by atoms with Gasteiger partial charge in [0.2, 0.25) is 0 Å². The molecule has 1 nitrogen and oxygen atoms in total. The van der Waals surface area contributed by atoms with Crippen LogP contribution in [0.25, 0.3) is 0 Å². The summed E-state index contributed by atoms with van der Waals surface area (Å²) in [6.45, 7) is 1.93. The first-order valence-electron chi connectivity index (χ1n) is 5.85. The monoisotopic (exact) mass is 342 g/mol. The fraction of sp³-hybridized carbons (Fsp3) is 0.200. The van der Waals surface area contributed by atoms with Gasteiger partial charge < -0.3 is 5.11 Å². The number of rotatable bonds is 3. The fourth-order valence-electron chi connectivity index (χ4n) is 1.96. The molecule has 19 heavy (non-hydrogen) atoms. The number of benzene rings is 2. The van der Waals surface area contributed by atoms with Crippen molar-refractivity contribution in [3.8, 4) is 0 Å². The van der Waals surface area contributed by atoms with Crippen LogP contribution in [0, 0.1) is 12.7 Å². The van der Waals surface area contributed by atoms with E-state index in [1.54, 1.807) is 18.2 Å². The average molecular weight is 344 g/mol. The van der Waals surface area contributed by atoms with E-state index in [0.717, 1.165) is 16.7 Å². The van der Waals surface area contributed by atoms with Crippen LogP contribution >= 0.6 is 27.5 Å². The van der Waals surface area contributed by atoms with Gasteiger partial charge in [-0.15, -0.1) is 0 Å². The van der Waals surface area contributed by atoms with E-state index < -0.39 is 6.10 Å². The lowest BCUT2D eigenvalue weighted by Crippen LogP contribution is -2.02. The van der Waals surface area contributed by atoms with E-state index in [9.17, 15) is 9.50 Å². The van der Waals surface area contributed by atoms with Gasteiger partial charge in [-0.3, -0.25) is 0 Å². The highest BCUT2D eigenvalue weighted by molar-refractivity contribution is 9.10. The molecule has 0 aliphatic rings. The van der Waals surface area contributed by atoms with Gasteiger partial charge in [-0.2, -0.15) is 0 Å². The second kappa shape index (κ2) is 6.04. The Morgan fingerprint density at radius 2 is 2.00 bits per heavy atom. The van der Waals surface area contributed by atoms with E-state index in [2.05, 4.69) is 15.9 Å². The number of hydrogen-bond acceptors (Lipinski definition) is 1. The lowest BCUT2D eigenvalue weighted by Gasteiger charge is -2.13. The van der Waals surface area contributed by atoms with Crippen molar-refractivity contribution in [1.82, 2.24) is 0 Å². The van der Waals surface area contributed by atoms with Gasteiger partial charge >= 0.3 is 0 Å². The van der Waals surface area contributed by atoms with Crippen molar-refractivity contribution in [3.05, 3.63) is 68.4 Å². The summed E-state index contributed by atoms with van der Waals surface area (Å²) >= 11 is 9.11. The smallest absolute Gasteiger partial charge is 0.137 e. The lowest BCUT2D eigenvalue weighted by atomic mass is 10.00. The summed E-state index contributed by atoms with van der Waals surface area (Å²) in [6, 6.07) is 10.2. The molecule has 0 heterocycles. The highest BCUT2D eigenvalue weighted by atomic mass is 79.9. The molecule has 1 unspecified atom stereocenters. The van der Waals surface area contributed by atoms with Gasteiger partial charge in [-0.25, -0.2) is 4.39 Å². The van der Waals surface area contributed by atoms with Crippen LogP contribution in [-0.4, -0.2) is 5.11 Å². The molecule has 0 aromatic heterocycles. The Hall–Kier alpha value is -0.900. The standard InChI is InChI=1S/C15H13BrClFO/c1-9-4-11(8-12(17)5-9)15(19)7-10-2-3-14(18)13(16)6-10/h2-6,8,15,19H,7H2,1H3. The second-order valence-electron chi connectivity index (χ2n) is 4.53. The first-order valence-corrected chi connectivity index (χ1v) is 7.02. The van der Waals surface area contributed by atoms with Crippen molar-refractivity contribution in [2.75, 3.05) is 0 Å². The summed E-state index contributed by atoms with van der Waals surface area (Å²) in [6.07, 6.45) is -0.242. The topological polar surface area (TPSA) is 20.2 Å². The zero-order valence-electron chi connectivity index (χ0n) is 10.3. The van der Waals surface area contributed by atoms with E-state index >= 15 is 0 Å². The van der Waals surface area contributed by atoms with E-state index in [-0.39, 0.29) is 5.82 Å². The van der Waals surface area contributed by atoms with Crippen molar-refractivity contribution >= 4 is 27.5 Å². The summed E-state index contributed by atoms with van der Waals surface area (Å²) in [5.74, 6) is -0.308. The van der Waals surface area contributed by atoms with Gasteiger partial charge in [-0.05, 0) is 63.8 Å². The van der Waals surface area contributed by atoms with Crippen LogP contribution in [0.3, 0.4) is 0 Å². The molecule has 1 atom stereocenters. The average Bonchev–Trinajstić information content (AvgIpc) is 2.32. The molecular weight excluding hydrogens is 331 g/mol. The summed E-state index contributed by atoms with van der Waals surface area (Å²) in [7, 11) is 0. The number of aliphatic hydroxyl groups is 1. The maximum atomic E-state index is 13.1. The maximum absolute atomic E-state index is 13.1. The summed E-state index contributed by atoms with van der Waals surface area (Å²) < 4.78 is 13.5. The number of halogens is 3. The van der Waals surface area contributed by atoms with Crippen molar-refractivity contribution in [3.63, 3.8) is 0 Å². The Kier molecular flexibility index (Phi) is 4.61. The lowest BCUT2D eigenvalue weighted by molar-refractivity contribution is 0.178. The molecule has 2 rings (SSSR count). The zero-order chi connectivity index (χ0) is 14.0. The molecule has 0 saturated heterocycles. The Labute approximate surface area is 125 Å². The largest absolute Gasteiger partial charge is 0.388 e. The van der Waals surface area contributed by atoms with E-state index in [1.165, 1.54) is 6.07 Å². The second-order valence-corrected chi connectivity index (χ2v) is 5.82. The van der Waals surface area contributed by atoms with Crippen molar-refractivity contribution in [2.45, 2.75) is 19.4 Å². The molecule has 1 N–H and O–H groups in total. The Morgan fingerprint density at radius 3 is 2.63 bits per heavy atom. The van der Waals surface area contributed by atoms with Crippen molar-refractivity contribution in [2.24, 2.45) is 0 Å². The Morgan fingerprint density at radius 1 is 1.26 bits per heavy atom. The predicted molar refractivity (Wildman–Crippen MR) is 79.0 cm³/mol. The number of aryl methyl sites for hydroxylation is 1. The SMILES string of the molecule is Cc1cc(Cl)cc(C(O)Cc2ccc(F)c(Br)c2)c1. The van der Waals surface area contributed by atoms with Crippen molar-refractivity contribution < 1.29 is 9.50 Å². The molecule has 2 aromatic carbocycles. The molecule has 0 radical (unpaired) electrons. The van der Waals surface area contributed by atoms with Crippen LogP contribution in [0.2, 0.25) is 5.02 Å². The molecule has 100 valence electrons. The van der Waals surface area contributed by atoms with Crippen LogP contribution < -0.4 is 0 Å². The molecule has 0 saturated carbocycles. The zero-order valence-corrected chi connectivity index (χ0v) is 12.7. The molecule has 0 amide bonds. The molecule has 4 heteroatoms. The van der Waals surface area contributed by atoms with Gasteiger partial charge in [-0.1, -0.05) is 23.7 Å². The minimum absolute atomic E-state index is 0.308. The number of hydrogen-bond donors (Lipinski definition) is 1. The van der Waals surface area contributed by atoms with Crippen LogP contribution in [-0.2, 0) is 6.42 Å². The molecule has 0 aliphatic heterocycles. The summed E-state index contributed by atoms with van der Waals surface area (Å²) in [4.78, 5) is 0. The van der Waals surface area contributed by atoms with Crippen LogP contribution in [0.4, 0.5) is 4.39 Å². The first-order chi connectivity index (χ1) is 8.95. The fourth-order valence-corrected chi connectivity index (χ4v) is 2.69. The molecule has 0 bridgehead atoms. The Balaban J connectivity index is 2.20. The summed E-state index contributed by atoms with van der Waals surface area (Å²) in [5, 5.41) is 10.8. The molecule has 0 aliphatic carbocycles. The third-order valence-electron chi connectivity index (χ3n) is 2.86. The molecule has 2 aromatic rings. The van der Waals surface area contributed by atoms with E-state index in [1.807, 2.05) is 19.1 Å². The van der Waals surface area contributed by atoms with Crippen LogP contribution in [0.1, 0.15) is 22.8 Å². The van der Waals surface area contributed by atoms with Gasteiger partial charge in [0.1, 0.15) is 5.82 Å². The highest BCUT2D eigenvalue weighted by Gasteiger charge is 2.11. The maximum Gasteiger partial charge on any atom is 0.137 e.